The van der Waals surface area contributed by atoms with Crippen molar-refractivity contribution in [3.63, 3.8) is 0 Å². The van der Waals surface area contributed by atoms with E-state index in [-0.39, 0.29) is 19.1 Å². The quantitative estimate of drug-likeness (QED) is 0.718. The molecular formula is C11H16BrN3O3. The molecule has 0 fully saturated rings. The summed E-state index contributed by atoms with van der Waals surface area (Å²) in [5.74, 6) is -0.699. The number of nitrogens with zero attached hydrogens (tertiary/aromatic N) is 1. The summed E-state index contributed by atoms with van der Waals surface area (Å²) in [4.78, 5) is 22.2. The fourth-order valence-corrected chi connectivity index (χ4v) is 1.89. The predicted octanol–water partition coefficient (Wildman–Crippen LogP) is 0.502. The molecule has 0 unspecified atom stereocenters. The molecular weight excluding hydrogens is 302 g/mol. The molecule has 0 aliphatic heterocycles. The van der Waals surface area contributed by atoms with Crippen LogP contribution in [0.5, 0.6) is 0 Å². The summed E-state index contributed by atoms with van der Waals surface area (Å²) in [6.45, 7) is 3.12. The molecule has 1 aromatic rings. The Bertz CT molecular complexity index is 431. The van der Waals surface area contributed by atoms with E-state index in [1.165, 1.54) is 0 Å². The van der Waals surface area contributed by atoms with Gasteiger partial charge in [0.2, 0.25) is 5.91 Å². The zero-order chi connectivity index (χ0) is 13.5. The standard InChI is InChI=1S/C11H16BrN3O3/c1-2-15-6-8(12)5-9(15)11(17)14-3-4-18-7-10(13)16/h5-6H,2-4,7H2,1H3,(H2,13,16)(H,14,17). The molecule has 6 nitrogen and oxygen atoms in total. The first-order valence-corrected chi connectivity index (χ1v) is 6.33. The van der Waals surface area contributed by atoms with Gasteiger partial charge < -0.3 is 20.4 Å². The number of aromatic nitrogens is 1. The van der Waals surface area contributed by atoms with Crippen molar-refractivity contribution in [3.8, 4) is 0 Å². The second-order valence-electron chi connectivity index (χ2n) is 3.60. The SMILES string of the molecule is CCn1cc(Br)cc1C(=O)NCCOCC(N)=O. The average Bonchev–Trinajstić information content (AvgIpc) is 2.69. The zero-order valence-electron chi connectivity index (χ0n) is 10.1. The molecule has 1 heterocycles. The molecule has 1 aromatic heterocycles. The van der Waals surface area contributed by atoms with Crippen molar-refractivity contribution in [3.05, 3.63) is 22.4 Å². The second-order valence-corrected chi connectivity index (χ2v) is 4.52. The highest BCUT2D eigenvalue weighted by Gasteiger charge is 2.11. The largest absolute Gasteiger partial charge is 0.370 e. The molecule has 0 spiro atoms. The fraction of sp³-hybridized carbons (Fsp3) is 0.455. The van der Waals surface area contributed by atoms with Crippen LogP contribution in [0.3, 0.4) is 0 Å². The Kier molecular flexibility index (Phi) is 5.87. The lowest BCUT2D eigenvalue weighted by Gasteiger charge is -2.07. The van der Waals surface area contributed by atoms with Gasteiger partial charge in [0.1, 0.15) is 12.3 Å². The Morgan fingerprint density at radius 2 is 2.28 bits per heavy atom. The highest BCUT2D eigenvalue weighted by Crippen LogP contribution is 2.14. The predicted molar refractivity (Wildman–Crippen MR) is 70.2 cm³/mol. The number of hydrogen-bond donors (Lipinski definition) is 2. The number of halogens is 1. The number of carbonyl (C=O) groups excluding carboxylic acids is 2. The van der Waals surface area contributed by atoms with Crippen molar-refractivity contribution in [1.29, 1.82) is 0 Å². The lowest BCUT2D eigenvalue weighted by Crippen LogP contribution is -2.30. The van der Waals surface area contributed by atoms with Gasteiger partial charge in [0, 0.05) is 23.8 Å². The van der Waals surface area contributed by atoms with Crippen molar-refractivity contribution in [2.45, 2.75) is 13.5 Å². The van der Waals surface area contributed by atoms with Crippen LogP contribution >= 0.6 is 15.9 Å². The molecule has 0 atom stereocenters. The number of primary amides is 1. The molecule has 0 saturated heterocycles. The summed E-state index contributed by atoms with van der Waals surface area (Å²) in [6, 6.07) is 1.75. The number of carbonyl (C=O) groups is 2. The maximum absolute atomic E-state index is 11.8. The summed E-state index contributed by atoms with van der Waals surface area (Å²) in [5.41, 5.74) is 5.49. The van der Waals surface area contributed by atoms with Gasteiger partial charge in [-0.25, -0.2) is 0 Å². The third kappa shape index (κ3) is 4.50. The molecule has 0 radical (unpaired) electrons. The average molecular weight is 318 g/mol. The van der Waals surface area contributed by atoms with Crippen LogP contribution in [0, 0.1) is 0 Å². The topological polar surface area (TPSA) is 86.3 Å². The van der Waals surface area contributed by atoms with Crippen LogP contribution in [0.2, 0.25) is 0 Å². The van der Waals surface area contributed by atoms with Gasteiger partial charge in [0.05, 0.1) is 6.61 Å². The molecule has 18 heavy (non-hydrogen) atoms. The zero-order valence-corrected chi connectivity index (χ0v) is 11.7. The third-order valence-electron chi connectivity index (χ3n) is 2.21. The molecule has 0 saturated carbocycles. The van der Waals surface area contributed by atoms with Gasteiger partial charge in [-0.05, 0) is 28.9 Å². The Morgan fingerprint density at radius 1 is 1.56 bits per heavy atom. The van der Waals surface area contributed by atoms with E-state index in [1.54, 1.807) is 6.07 Å². The summed E-state index contributed by atoms with van der Waals surface area (Å²) < 4.78 is 7.64. The van der Waals surface area contributed by atoms with Gasteiger partial charge in [-0.15, -0.1) is 0 Å². The Balaban J connectivity index is 2.38. The van der Waals surface area contributed by atoms with E-state index in [1.807, 2.05) is 17.7 Å². The number of nitrogens with one attached hydrogen (secondary N) is 1. The van der Waals surface area contributed by atoms with Crippen LogP contribution in [0.25, 0.3) is 0 Å². The van der Waals surface area contributed by atoms with Gasteiger partial charge in [0.15, 0.2) is 0 Å². The number of hydrogen-bond acceptors (Lipinski definition) is 3. The summed E-state index contributed by atoms with van der Waals surface area (Å²) in [6.07, 6.45) is 1.85. The van der Waals surface area contributed by atoms with Crippen molar-refractivity contribution in [1.82, 2.24) is 9.88 Å². The highest BCUT2D eigenvalue weighted by atomic mass is 79.9. The summed E-state index contributed by atoms with van der Waals surface area (Å²) in [7, 11) is 0. The number of amides is 2. The molecule has 3 N–H and O–H groups in total. The number of rotatable bonds is 7. The van der Waals surface area contributed by atoms with E-state index in [9.17, 15) is 9.59 Å². The lowest BCUT2D eigenvalue weighted by atomic mass is 10.4. The minimum atomic E-state index is -0.523. The number of ether oxygens (including phenoxy) is 1. The van der Waals surface area contributed by atoms with E-state index >= 15 is 0 Å². The lowest BCUT2D eigenvalue weighted by molar-refractivity contribution is -0.122. The van der Waals surface area contributed by atoms with Crippen molar-refractivity contribution < 1.29 is 14.3 Å². The summed E-state index contributed by atoms with van der Waals surface area (Å²) >= 11 is 3.32. The van der Waals surface area contributed by atoms with Gasteiger partial charge in [-0.3, -0.25) is 9.59 Å². The van der Waals surface area contributed by atoms with Gasteiger partial charge in [-0.1, -0.05) is 0 Å². The van der Waals surface area contributed by atoms with E-state index in [2.05, 4.69) is 21.2 Å². The first-order valence-electron chi connectivity index (χ1n) is 5.54. The molecule has 0 aliphatic carbocycles. The van der Waals surface area contributed by atoms with E-state index in [0.717, 1.165) is 4.47 Å². The number of nitrogens with two attached hydrogens (primary N) is 1. The minimum Gasteiger partial charge on any atom is -0.370 e. The Morgan fingerprint density at radius 3 is 2.89 bits per heavy atom. The van der Waals surface area contributed by atoms with Crippen LogP contribution in [-0.2, 0) is 16.1 Å². The van der Waals surface area contributed by atoms with Crippen LogP contribution in [0.15, 0.2) is 16.7 Å². The van der Waals surface area contributed by atoms with Crippen LogP contribution in [0.4, 0.5) is 0 Å². The van der Waals surface area contributed by atoms with Crippen molar-refractivity contribution in [2.75, 3.05) is 19.8 Å². The van der Waals surface area contributed by atoms with Crippen LogP contribution in [0.1, 0.15) is 17.4 Å². The van der Waals surface area contributed by atoms with Gasteiger partial charge in [0.25, 0.3) is 5.91 Å². The Labute approximate surface area is 114 Å². The molecule has 100 valence electrons. The van der Waals surface area contributed by atoms with Crippen LogP contribution in [-0.4, -0.2) is 36.1 Å². The van der Waals surface area contributed by atoms with Gasteiger partial charge >= 0.3 is 0 Å². The first kappa shape index (κ1) is 14.7. The molecule has 7 heteroatoms. The monoisotopic (exact) mass is 317 g/mol. The Hall–Kier alpha value is -1.34. The summed E-state index contributed by atoms with van der Waals surface area (Å²) in [5, 5.41) is 2.70. The second kappa shape index (κ2) is 7.17. The third-order valence-corrected chi connectivity index (χ3v) is 2.65. The molecule has 0 bridgehead atoms. The molecule has 0 aromatic carbocycles. The normalized spacial score (nSPS) is 10.3. The van der Waals surface area contributed by atoms with Gasteiger partial charge in [-0.2, -0.15) is 0 Å². The molecule has 1 rings (SSSR count). The first-order chi connectivity index (χ1) is 8.54. The molecule has 0 aliphatic rings. The fourth-order valence-electron chi connectivity index (χ4n) is 1.43. The van der Waals surface area contributed by atoms with E-state index in [4.69, 9.17) is 10.5 Å². The maximum atomic E-state index is 11.8. The number of aryl methyl sites for hydroxylation is 1. The maximum Gasteiger partial charge on any atom is 0.268 e. The smallest absolute Gasteiger partial charge is 0.268 e. The highest BCUT2D eigenvalue weighted by molar-refractivity contribution is 9.10. The van der Waals surface area contributed by atoms with E-state index < -0.39 is 5.91 Å². The van der Waals surface area contributed by atoms with Crippen molar-refractivity contribution in [2.24, 2.45) is 5.73 Å². The minimum absolute atomic E-state index is 0.132. The molecule has 2 amide bonds. The van der Waals surface area contributed by atoms with Crippen molar-refractivity contribution >= 4 is 27.7 Å². The van der Waals surface area contributed by atoms with E-state index in [0.29, 0.717) is 18.8 Å². The van der Waals surface area contributed by atoms with Crippen LogP contribution < -0.4 is 11.1 Å².